The van der Waals surface area contributed by atoms with Crippen LogP contribution in [0.5, 0.6) is 5.75 Å². The molecule has 0 atom stereocenters. The highest BCUT2D eigenvalue weighted by atomic mass is 32.2. The van der Waals surface area contributed by atoms with Crippen LogP contribution in [0.15, 0.2) is 4.90 Å². The molecular formula is C20H32N2O3S. The lowest BCUT2D eigenvalue weighted by molar-refractivity contribution is 0.0832. The van der Waals surface area contributed by atoms with Gasteiger partial charge in [0.2, 0.25) is 0 Å². The van der Waals surface area contributed by atoms with Gasteiger partial charge >= 0.3 is 0 Å². The second kappa shape index (κ2) is 6.25. The lowest BCUT2D eigenvalue weighted by Gasteiger charge is -2.36. The Morgan fingerprint density at radius 1 is 1.12 bits per heavy atom. The molecule has 1 aliphatic heterocycles. The van der Waals surface area contributed by atoms with Crippen LogP contribution in [0.1, 0.15) is 63.3 Å². The number of nitrogens with zero attached hydrogens (tertiary/aromatic N) is 1. The summed E-state index contributed by atoms with van der Waals surface area (Å²) in [5, 5.41) is 8.31. The molecule has 1 aliphatic rings. The second-order valence-corrected chi connectivity index (χ2v) is 10.9. The van der Waals surface area contributed by atoms with E-state index in [1.54, 1.807) is 0 Å². The molecule has 26 heavy (non-hydrogen) atoms. The summed E-state index contributed by atoms with van der Waals surface area (Å²) in [7, 11) is -2.35. The molecule has 0 radical (unpaired) electrons. The molecule has 2 rings (SSSR count). The number of sulfonamides is 1. The van der Waals surface area contributed by atoms with E-state index < -0.39 is 15.4 Å². The van der Waals surface area contributed by atoms with E-state index in [2.05, 4.69) is 13.8 Å². The molecule has 146 valence electrons. The number of fused-ring (bicyclic) bond motifs is 1. The first kappa shape index (κ1) is 20.7. The van der Waals surface area contributed by atoms with E-state index in [9.17, 15) is 8.42 Å². The summed E-state index contributed by atoms with van der Waals surface area (Å²) in [6.07, 6.45) is 1.63. The number of nitrogens with one attached hydrogen (secondary N) is 1. The smallest absolute Gasteiger partial charge is 0.265 e. The van der Waals surface area contributed by atoms with Crippen molar-refractivity contribution in [1.29, 1.82) is 5.41 Å². The van der Waals surface area contributed by atoms with E-state index in [1.807, 2.05) is 41.5 Å². The van der Waals surface area contributed by atoms with Gasteiger partial charge in [-0.25, -0.2) is 8.42 Å². The Labute approximate surface area is 158 Å². The van der Waals surface area contributed by atoms with E-state index in [0.717, 1.165) is 39.6 Å². The van der Waals surface area contributed by atoms with Crippen molar-refractivity contribution >= 4 is 15.9 Å². The molecule has 1 heterocycles. The van der Waals surface area contributed by atoms with Gasteiger partial charge in [-0.2, -0.15) is 0 Å². The van der Waals surface area contributed by atoms with Crippen LogP contribution >= 0.6 is 0 Å². The molecule has 0 aromatic heterocycles. The minimum Gasteiger partial charge on any atom is -0.487 e. The molecule has 0 saturated carbocycles. The predicted molar refractivity (Wildman–Crippen MR) is 106 cm³/mol. The summed E-state index contributed by atoms with van der Waals surface area (Å²) in [5.41, 5.74) is 2.48. The highest BCUT2D eigenvalue weighted by molar-refractivity contribution is 7.89. The van der Waals surface area contributed by atoms with E-state index in [-0.39, 0.29) is 11.4 Å². The lowest BCUT2D eigenvalue weighted by atomic mass is 9.88. The monoisotopic (exact) mass is 380 g/mol. The van der Waals surface area contributed by atoms with Crippen molar-refractivity contribution in [3.63, 3.8) is 0 Å². The van der Waals surface area contributed by atoms with Gasteiger partial charge in [-0.1, -0.05) is 20.8 Å². The van der Waals surface area contributed by atoms with E-state index >= 15 is 0 Å². The number of benzene rings is 1. The summed E-state index contributed by atoms with van der Waals surface area (Å²) >= 11 is 0. The standard InChI is InChI=1S/C20H32N2O3S/c1-12-13(2)17(26(23,24)22(9)18(21)19(4,5)6)14(3)15-10-11-20(7,8)25-16(12)15/h21H,10-11H2,1-9H3. The van der Waals surface area contributed by atoms with Crippen LogP contribution in [0.2, 0.25) is 0 Å². The van der Waals surface area contributed by atoms with Crippen molar-refractivity contribution < 1.29 is 13.2 Å². The maximum Gasteiger partial charge on any atom is 0.265 e. The first-order valence-corrected chi connectivity index (χ1v) is 10.4. The Balaban J connectivity index is 2.69. The summed E-state index contributed by atoms with van der Waals surface area (Å²) in [4.78, 5) is 0.313. The zero-order chi connectivity index (χ0) is 20.2. The first-order valence-electron chi connectivity index (χ1n) is 9.01. The van der Waals surface area contributed by atoms with Gasteiger partial charge in [0.25, 0.3) is 10.0 Å². The number of ether oxygens (including phenoxy) is 1. The molecule has 0 bridgehead atoms. The Bertz CT molecular complexity index is 862. The normalized spacial score (nSPS) is 16.7. The van der Waals surface area contributed by atoms with Crippen LogP contribution in [0.4, 0.5) is 0 Å². The molecule has 1 aromatic carbocycles. The Hall–Kier alpha value is -1.56. The van der Waals surface area contributed by atoms with Crippen molar-refractivity contribution in [2.75, 3.05) is 7.05 Å². The fourth-order valence-electron chi connectivity index (χ4n) is 3.46. The average Bonchev–Trinajstić information content (AvgIpc) is 2.49. The maximum absolute atomic E-state index is 13.4. The van der Waals surface area contributed by atoms with Gasteiger partial charge in [-0.15, -0.1) is 0 Å². The predicted octanol–water partition coefficient (Wildman–Crippen LogP) is 4.36. The van der Waals surface area contributed by atoms with Gasteiger partial charge in [-0.3, -0.25) is 9.71 Å². The summed E-state index contributed by atoms with van der Waals surface area (Å²) in [5.74, 6) is 0.896. The molecule has 0 amide bonds. The Morgan fingerprint density at radius 3 is 2.15 bits per heavy atom. The Morgan fingerprint density at radius 2 is 1.65 bits per heavy atom. The van der Waals surface area contributed by atoms with Crippen molar-refractivity contribution in [1.82, 2.24) is 4.31 Å². The van der Waals surface area contributed by atoms with Gasteiger partial charge in [0.05, 0.1) is 4.90 Å². The Kier molecular flexibility index (Phi) is 4.99. The SMILES string of the molecule is Cc1c(C)c(S(=O)(=O)N(C)C(=N)C(C)(C)C)c(C)c2c1OC(C)(C)CC2. The minimum absolute atomic E-state index is 0.0732. The highest BCUT2D eigenvalue weighted by Gasteiger charge is 2.36. The minimum atomic E-state index is -3.81. The maximum atomic E-state index is 13.4. The van der Waals surface area contributed by atoms with Crippen LogP contribution in [-0.2, 0) is 16.4 Å². The fourth-order valence-corrected chi connectivity index (χ4v) is 5.30. The molecular weight excluding hydrogens is 348 g/mol. The quantitative estimate of drug-likeness (QED) is 0.612. The number of rotatable bonds is 2. The van der Waals surface area contributed by atoms with Crippen LogP contribution < -0.4 is 4.74 Å². The number of hydrogen-bond donors (Lipinski definition) is 1. The van der Waals surface area contributed by atoms with E-state index in [4.69, 9.17) is 10.1 Å². The van der Waals surface area contributed by atoms with Crippen LogP contribution in [0.25, 0.3) is 0 Å². The molecule has 5 nitrogen and oxygen atoms in total. The van der Waals surface area contributed by atoms with Crippen molar-refractivity contribution in [2.24, 2.45) is 5.41 Å². The van der Waals surface area contributed by atoms with Crippen molar-refractivity contribution in [3.05, 3.63) is 22.3 Å². The van der Waals surface area contributed by atoms with Crippen LogP contribution in [-0.4, -0.2) is 31.2 Å². The van der Waals surface area contributed by atoms with Crippen molar-refractivity contribution in [2.45, 2.75) is 78.7 Å². The molecule has 1 aromatic rings. The van der Waals surface area contributed by atoms with Gasteiger partial charge in [0, 0.05) is 12.5 Å². The average molecular weight is 381 g/mol. The lowest BCUT2D eigenvalue weighted by Crippen LogP contribution is -2.41. The molecule has 0 spiro atoms. The summed E-state index contributed by atoms with van der Waals surface area (Å²) in [6.45, 7) is 15.2. The number of hydrogen-bond acceptors (Lipinski definition) is 4. The summed E-state index contributed by atoms with van der Waals surface area (Å²) in [6, 6.07) is 0. The largest absolute Gasteiger partial charge is 0.487 e. The highest BCUT2D eigenvalue weighted by Crippen LogP contribution is 2.42. The molecule has 0 aliphatic carbocycles. The topological polar surface area (TPSA) is 70.5 Å². The zero-order valence-electron chi connectivity index (χ0n) is 17.5. The molecule has 0 fully saturated rings. The molecule has 1 N–H and O–H groups in total. The van der Waals surface area contributed by atoms with Crippen molar-refractivity contribution in [3.8, 4) is 5.75 Å². The molecule has 6 heteroatoms. The molecule has 0 unspecified atom stereocenters. The third kappa shape index (κ3) is 3.36. The summed E-state index contributed by atoms with van der Waals surface area (Å²) < 4.78 is 34.0. The van der Waals surface area contributed by atoms with Crippen LogP contribution in [0.3, 0.4) is 0 Å². The van der Waals surface area contributed by atoms with Gasteiger partial charge in [0.1, 0.15) is 17.2 Å². The zero-order valence-corrected chi connectivity index (χ0v) is 18.3. The third-order valence-corrected chi connectivity index (χ3v) is 7.34. The van der Waals surface area contributed by atoms with Gasteiger partial charge < -0.3 is 4.74 Å². The van der Waals surface area contributed by atoms with Crippen LogP contribution in [0, 0.1) is 31.6 Å². The second-order valence-electron chi connectivity index (χ2n) is 8.94. The van der Waals surface area contributed by atoms with E-state index in [0.29, 0.717) is 10.5 Å². The number of amidine groups is 1. The van der Waals surface area contributed by atoms with Gasteiger partial charge in [0.15, 0.2) is 0 Å². The van der Waals surface area contributed by atoms with Gasteiger partial charge in [-0.05, 0) is 69.7 Å². The third-order valence-electron chi connectivity index (χ3n) is 5.31. The first-order chi connectivity index (χ1) is 11.6. The molecule has 0 saturated heterocycles. The van der Waals surface area contributed by atoms with E-state index in [1.165, 1.54) is 7.05 Å². The fraction of sp³-hybridized carbons (Fsp3) is 0.650.